The van der Waals surface area contributed by atoms with Crippen LogP contribution in [0.15, 0.2) is 42.7 Å². The fourth-order valence-corrected chi connectivity index (χ4v) is 1.64. The zero-order chi connectivity index (χ0) is 14.4. The summed E-state index contributed by atoms with van der Waals surface area (Å²) < 4.78 is 10.9. The number of ether oxygens (including phenoxy) is 2. The Bertz CT molecular complexity index is 598. The summed E-state index contributed by atoms with van der Waals surface area (Å²) in [6, 6.07) is 9.16. The van der Waals surface area contributed by atoms with Crippen LogP contribution in [0.2, 0.25) is 0 Å². The highest BCUT2D eigenvalue weighted by Gasteiger charge is 2.04. The fourth-order valence-electron chi connectivity index (χ4n) is 1.64. The maximum absolute atomic E-state index is 10.8. The van der Waals surface area contributed by atoms with Crippen molar-refractivity contribution < 1.29 is 19.4 Å². The molecule has 104 valence electrons. The second kappa shape index (κ2) is 6.56. The lowest BCUT2D eigenvalue weighted by atomic mass is 10.2. The lowest BCUT2D eigenvalue weighted by Gasteiger charge is -2.08. The minimum Gasteiger partial charge on any atom is -0.490 e. The standard InChI is InChI=1S/C15H15NO4/c1-11-3-2-4-13(7-11)19-5-6-20-14-8-12(15(17)18)9-16-10-14/h2-4,7-10H,5-6H2,1H3,(H,17,18). The van der Waals surface area contributed by atoms with E-state index in [1.165, 1.54) is 18.5 Å². The van der Waals surface area contributed by atoms with Crippen molar-refractivity contribution in [2.45, 2.75) is 6.92 Å². The molecule has 2 aromatic rings. The summed E-state index contributed by atoms with van der Waals surface area (Å²) in [5.74, 6) is 0.169. The molecule has 1 heterocycles. The van der Waals surface area contributed by atoms with Gasteiger partial charge < -0.3 is 14.6 Å². The van der Waals surface area contributed by atoms with Crippen molar-refractivity contribution in [3.05, 3.63) is 53.9 Å². The van der Waals surface area contributed by atoms with E-state index in [-0.39, 0.29) is 5.56 Å². The lowest BCUT2D eigenvalue weighted by Crippen LogP contribution is -2.09. The summed E-state index contributed by atoms with van der Waals surface area (Å²) in [4.78, 5) is 14.6. The van der Waals surface area contributed by atoms with E-state index in [0.29, 0.717) is 19.0 Å². The lowest BCUT2D eigenvalue weighted by molar-refractivity contribution is 0.0696. The van der Waals surface area contributed by atoms with E-state index in [9.17, 15) is 4.79 Å². The largest absolute Gasteiger partial charge is 0.490 e. The number of benzene rings is 1. The van der Waals surface area contributed by atoms with Crippen LogP contribution < -0.4 is 9.47 Å². The van der Waals surface area contributed by atoms with E-state index in [0.717, 1.165) is 11.3 Å². The Hall–Kier alpha value is -2.56. The molecule has 0 aliphatic carbocycles. The average Bonchev–Trinajstić information content (AvgIpc) is 2.44. The number of carboxylic acid groups (broad SMARTS) is 1. The maximum Gasteiger partial charge on any atom is 0.337 e. The van der Waals surface area contributed by atoms with Crippen molar-refractivity contribution in [1.82, 2.24) is 4.98 Å². The molecule has 0 aliphatic rings. The van der Waals surface area contributed by atoms with Gasteiger partial charge in [0.05, 0.1) is 11.8 Å². The van der Waals surface area contributed by atoms with Crippen LogP contribution >= 0.6 is 0 Å². The van der Waals surface area contributed by atoms with Gasteiger partial charge in [0.25, 0.3) is 0 Å². The van der Waals surface area contributed by atoms with Crippen molar-refractivity contribution in [1.29, 1.82) is 0 Å². The molecule has 0 atom stereocenters. The number of rotatable bonds is 6. The van der Waals surface area contributed by atoms with E-state index >= 15 is 0 Å². The van der Waals surface area contributed by atoms with Crippen LogP contribution in [0.1, 0.15) is 15.9 Å². The van der Waals surface area contributed by atoms with E-state index < -0.39 is 5.97 Å². The average molecular weight is 273 g/mol. The van der Waals surface area contributed by atoms with Crippen LogP contribution in [-0.4, -0.2) is 29.3 Å². The Kier molecular flexibility index (Phi) is 4.55. The topological polar surface area (TPSA) is 68.7 Å². The highest BCUT2D eigenvalue weighted by Crippen LogP contribution is 2.13. The van der Waals surface area contributed by atoms with Crippen LogP contribution in [0, 0.1) is 6.92 Å². The minimum absolute atomic E-state index is 0.0992. The number of hydrogen-bond donors (Lipinski definition) is 1. The van der Waals surface area contributed by atoms with Gasteiger partial charge >= 0.3 is 5.97 Å². The zero-order valence-electron chi connectivity index (χ0n) is 11.1. The van der Waals surface area contributed by atoms with Crippen molar-refractivity contribution >= 4 is 5.97 Å². The first-order valence-corrected chi connectivity index (χ1v) is 6.16. The molecular weight excluding hydrogens is 258 g/mol. The normalized spacial score (nSPS) is 10.1. The minimum atomic E-state index is -1.03. The zero-order valence-corrected chi connectivity index (χ0v) is 11.1. The summed E-state index contributed by atoms with van der Waals surface area (Å²) in [5.41, 5.74) is 1.23. The smallest absolute Gasteiger partial charge is 0.337 e. The Morgan fingerprint density at radius 2 is 1.90 bits per heavy atom. The number of carboxylic acids is 1. The fraction of sp³-hybridized carbons (Fsp3) is 0.200. The molecule has 0 saturated carbocycles. The Labute approximate surface area is 116 Å². The van der Waals surface area contributed by atoms with Gasteiger partial charge in [0.2, 0.25) is 0 Å². The number of nitrogens with zero attached hydrogens (tertiary/aromatic N) is 1. The van der Waals surface area contributed by atoms with Crippen LogP contribution in [0.4, 0.5) is 0 Å². The first kappa shape index (κ1) is 13.9. The quantitative estimate of drug-likeness (QED) is 0.819. The highest BCUT2D eigenvalue weighted by atomic mass is 16.5. The van der Waals surface area contributed by atoms with Crippen LogP contribution in [0.3, 0.4) is 0 Å². The Morgan fingerprint density at radius 3 is 2.60 bits per heavy atom. The molecule has 5 nitrogen and oxygen atoms in total. The molecule has 0 fully saturated rings. The summed E-state index contributed by atoms with van der Waals surface area (Å²) >= 11 is 0. The van der Waals surface area contributed by atoms with Crippen molar-refractivity contribution in [2.24, 2.45) is 0 Å². The first-order chi connectivity index (χ1) is 9.65. The number of aryl methyl sites for hydroxylation is 1. The molecular formula is C15H15NO4. The van der Waals surface area contributed by atoms with Gasteiger partial charge in [-0.05, 0) is 30.7 Å². The summed E-state index contributed by atoms with van der Waals surface area (Å²) in [7, 11) is 0. The molecule has 20 heavy (non-hydrogen) atoms. The first-order valence-electron chi connectivity index (χ1n) is 6.16. The second-order valence-electron chi connectivity index (χ2n) is 4.23. The van der Waals surface area contributed by atoms with Crippen LogP contribution in [0.5, 0.6) is 11.5 Å². The highest BCUT2D eigenvalue weighted by molar-refractivity contribution is 5.87. The van der Waals surface area contributed by atoms with Gasteiger partial charge in [-0.1, -0.05) is 12.1 Å². The summed E-state index contributed by atoms with van der Waals surface area (Å²) in [5, 5.41) is 8.84. The van der Waals surface area contributed by atoms with Crippen molar-refractivity contribution in [3.8, 4) is 11.5 Å². The SMILES string of the molecule is Cc1cccc(OCCOc2cncc(C(=O)O)c2)c1. The van der Waals surface area contributed by atoms with Gasteiger partial charge in [-0.15, -0.1) is 0 Å². The number of carbonyl (C=O) groups is 1. The molecule has 0 aliphatic heterocycles. The predicted molar refractivity (Wildman–Crippen MR) is 73.4 cm³/mol. The molecule has 0 bridgehead atoms. The molecule has 1 aromatic heterocycles. The Morgan fingerprint density at radius 1 is 1.15 bits per heavy atom. The molecule has 5 heteroatoms. The second-order valence-corrected chi connectivity index (χ2v) is 4.23. The number of hydrogen-bond acceptors (Lipinski definition) is 4. The number of aromatic carboxylic acids is 1. The third-order valence-electron chi connectivity index (χ3n) is 2.57. The van der Waals surface area contributed by atoms with Crippen LogP contribution in [0.25, 0.3) is 0 Å². The van der Waals surface area contributed by atoms with E-state index in [2.05, 4.69) is 4.98 Å². The van der Waals surface area contributed by atoms with E-state index in [1.807, 2.05) is 31.2 Å². The molecule has 0 saturated heterocycles. The Balaban J connectivity index is 1.81. The van der Waals surface area contributed by atoms with Crippen LogP contribution in [-0.2, 0) is 0 Å². The van der Waals surface area contributed by atoms with Gasteiger partial charge in [0, 0.05) is 6.20 Å². The molecule has 0 radical (unpaired) electrons. The number of aromatic nitrogens is 1. The van der Waals surface area contributed by atoms with Gasteiger partial charge in [0.1, 0.15) is 24.7 Å². The van der Waals surface area contributed by atoms with Gasteiger partial charge in [-0.2, -0.15) is 0 Å². The van der Waals surface area contributed by atoms with E-state index in [4.69, 9.17) is 14.6 Å². The van der Waals surface area contributed by atoms with E-state index in [1.54, 1.807) is 0 Å². The molecule has 0 unspecified atom stereocenters. The predicted octanol–water partition coefficient (Wildman–Crippen LogP) is 2.55. The van der Waals surface area contributed by atoms with Gasteiger partial charge in [-0.25, -0.2) is 4.79 Å². The summed E-state index contributed by atoms with van der Waals surface area (Å²) in [6.45, 7) is 2.69. The third kappa shape index (κ3) is 3.98. The molecule has 1 N–H and O–H groups in total. The third-order valence-corrected chi connectivity index (χ3v) is 2.57. The molecule has 0 amide bonds. The van der Waals surface area contributed by atoms with Gasteiger partial charge in [0.15, 0.2) is 0 Å². The van der Waals surface area contributed by atoms with Crippen molar-refractivity contribution in [3.63, 3.8) is 0 Å². The summed E-state index contributed by atoms with van der Waals surface area (Å²) in [6.07, 6.45) is 2.75. The molecule has 1 aromatic carbocycles. The van der Waals surface area contributed by atoms with Gasteiger partial charge in [-0.3, -0.25) is 4.98 Å². The maximum atomic E-state index is 10.8. The van der Waals surface area contributed by atoms with Crippen molar-refractivity contribution in [2.75, 3.05) is 13.2 Å². The monoisotopic (exact) mass is 273 g/mol. The number of pyridine rings is 1. The molecule has 0 spiro atoms. The molecule has 2 rings (SSSR count).